The molecule has 0 aromatic heterocycles. The van der Waals surface area contributed by atoms with Crippen LogP contribution in [0, 0.1) is 6.92 Å². The molecule has 0 radical (unpaired) electrons. The first-order valence-electron chi connectivity index (χ1n) is 6.14. The van der Waals surface area contributed by atoms with Crippen LogP contribution in [0.1, 0.15) is 31.9 Å². The van der Waals surface area contributed by atoms with Crippen LogP contribution < -0.4 is 4.90 Å². The third-order valence-electron chi connectivity index (χ3n) is 2.88. The van der Waals surface area contributed by atoms with Gasteiger partial charge in [0.2, 0.25) is 0 Å². The van der Waals surface area contributed by atoms with Gasteiger partial charge in [0.25, 0.3) is 0 Å². The minimum absolute atomic E-state index is 0.590. The number of oxime groups is 1. The van der Waals surface area contributed by atoms with Crippen molar-refractivity contribution in [1.82, 2.24) is 0 Å². The minimum Gasteiger partial charge on any atom is -0.396 e. The van der Waals surface area contributed by atoms with Crippen LogP contribution in [-0.2, 0) is 4.84 Å². The van der Waals surface area contributed by atoms with Crippen molar-refractivity contribution >= 4 is 11.4 Å². The van der Waals surface area contributed by atoms with Crippen LogP contribution in [0.2, 0.25) is 0 Å². The summed E-state index contributed by atoms with van der Waals surface area (Å²) in [6, 6.07) is 6.26. The summed E-state index contributed by atoms with van der Waals surface area (Å²) < 4.78 is 0. The Hall–Kier alpha value is -1.77. The molecule has 1 rings (SSSR count). The smallest absolute Gasteiger partial charge is 0.114 e. The van der Waals surface area contributed by atoms with Gasteiger partial charge in [0, 0.05) is 18.4 Å². The standard InChI is InChI=1S/C15H22N2O/c1-7-18-16-13(5)14-8-9-15(12(4)10-14)17(6)11(2)3/h8-10H,2,7H2,1,3-6H3/b16-13+. The summed E-state index contributed by atoms with van der Waals surface area (Å²) in [5.74, 6) is 0. The molecule has 0 aliphatic carbocycles. The molecule has 3 nitrogen and oxygen atoms in total. The second kappa shape index (κ2) is 6.24. The highest BCUT2D eigenvalue weighted by Crippen LogP contribution is 2.23. The Morgan fingerprint density at radius 1 is 1.39 bits per heavy atom. The zero-order valence-electron chi connectivity index (χ0n) is 11.9. The molecule has 0 saturated carbocycles. The topological polar surface area (TPSA) is 24.8 Å². The fourth-order valence-corrected chi connectivity index (χ4v) is 1.68. The third kappa shape index (κ3) is 3.36. The van der Waals surface area contributed by atoms with Crippen molar-refractivity contribution in [2.24, 2.45) is 5.16 Å². The van der Waals surface area contributed by atoms with Crippen LogP contribution in [0.5, 0.6) is 0 Å². The monoisotopic (exact) mass is 246 g/mol. The summed E-state index contributed by atoms with van der Waals surface area (Å²) in [6.07, 6.45) is 0. The molecule has 0 aliphatic rings. The van der Waals surface area contributed by atoms with Crippen molar-refractivity contribution < 1.29 is 4.84 Å². The van der Waals surface area contributed by atoms with Crippen molar-refractivity contribution in [3.63, 3.8) is 0 Å². The maximum Gasteiger partial charge on any atom is 0.114 e. The maximum atomic E-state index is 5.07. The number of nitrogens with zero attached hydrogens (tertiary/aromatic N) is 2. The summed E-state index contributed by atoms with van der Waals surface area (Å²) in [5, 5.41) is 4.05. The predicted molar refractivity (Wildman–Crippen MR) is 78.2 cm³/mol. The van der Waals surface area contributed by atoms with Crippen molar-refractivity contribution in [2.45, 2.75) is 27.7 Å². The summed E-state index contributed by atoms with van der Waals surface area (Å²) in [5.41, 5.74) is 5.36. The Balaban J connectivity index is 3.02. The molecule has 0 spiro atoms. The highest BCUT2D eigenvalue weighted by molar-refractivity contribution is 5.98. The van der Waals surface area contributed by atoms with Gasteiger partial charge in [-0.1, -0.05) is 17.8 Å². The normalized spacial score (nSPS) is 11.3. The molecule has 0 amide bonds. The van der Waals surface area contributed by atoms with Crippen molar-refractivity contribution in [1.29, 1.82) is 0 Å². The first kappa shape index (κ1) is 14.3. The van der Waals surface area contributed by atoms with E-state index in [4.69, 9.17) is 4.84 Å². The lowest BCUT2D eigenvalue weighted by molar-refractivity contribution is 0.159. The van der Waals surface area contributed by atoms with Crippen LogP contribution in [0.25, 0.3) is 0 Å². The second-order valence-electron chi connectivity index (χ2n) is 4.39. The lowest BCUT2D eigenvalue weighted by atomic mass is 10.1. The van der Waals surface area contributed by atoms with Crippen LogP contribution >= 0.6 is 0 Å². The van der Waals surface area contributed by atoms with Gasteiger partial charge < -0.3 is 9.74 Å². The summed E-state index contributed by atoms with van der Waals surface area (Å²) in [4.78, 5) is 7.15. The lowest BCUT2D eigenvalue weighted by Gasteiger charge is -2.21. The number of anilines is 1. The van der Waals surface area contributed by atoms with Gasteiger partial charge in [-0.2, -0.15) is 0 Å². The van der Waals surface area contributed by atoms with Crippen LogP contribution in [-0.4, -0.2) is 19.4 Å². The SMILES string of the molecule is C=C(C)N(C)c1ccc(/C(C)=N/OCC)cc1C. The Morgan fingerprint density at radius 3 is 2.56 bits per heavy atom. The van der Waals surface area contributed by atoms with Gasteiger partial charge in [-0.15, -0.1) is 0 Å². The molecule has 0 fully saturated rings. The minimum atomic E-state index is 0.590. The van der Waals surface area contributed by atoms with Gasteiger partial charge in [-0.3, -0.25) is 0 Å². The molecular weight excluding hydrogens is 224 g/mol. The van der Waals surface area contributed by atoms with E-state index in [0.29, 0.717) is 6.61 Å². The molecule has 0 N–H and O–H groups in total. The fraction of sp³-hybridized carbons (Fsp3) is 0.400. The average Bonchev–Trinajstić information content (AvgIpc) is 2.34. The highest BCUT2D eigenvalue weighted by Gasteiger charge is 2.07. The number of benzene rings is 1. The molecule has 0 bridgehead atoms. The van der Waals surface area contributed by atoms with E-state index < -0.39 is 0 Å². The predicted octanol–water partition coefficient (Wildman–Crippen LogP) is 3.73. The van der Waals surface area contributed by atoms with Crippen LogP contribution in [0.4, 0.5) is 5.69 Å². The van der Waals surface area contributed by atoms with E-state index in [1.807, 2.05) is 27.8 Å². The van der Waals surface area contributed by atoms with Gasteiger partial charge in [-0.25, -0.2) is 0 Å². The van der Waals surface area contributed by atoms with Gasteiger partial charge in [-0.05, 0) is 51.0 Å². The molecule has 0 saturated heterocycles. The van der Waals surface area contributed by atoms with E-state index in [-0.39, 0.29) is 0 Å². The molecule has 0 unspecified atom stereocenters. The van der Waals surface area contributed by atoms with E-state index in [0.717, 1.165) is 22.7 Å². The number of rotatable bonds is 5. The lowest BCUT2D eigenvalue weighted by Crippen LogP contribution is -2.14. The first-order chi connectivity index (χ1) is 8.47. The largest absolute Gasteiger partial charge is 0.396 e. The summed E-state index contributed by atoms with van der Waals surface area (Å²) in [7, 11) is 2.02. The quantitative estimate of drug-likeness (QED) is 0.584. The number of allylic oxidation sites excluding steroid dienone is 1. The maximum absolute atomic E-state index is 5.07. The Morgan fingerprint density at radius 2 is 2.06 bits per heavy atom. The average molecular weight is 246 g/mol. The molecule has 0 heterocycles. The Labute approximate surface area is 110 Å². The highest BCUT2D eigenvalue weighted by atomic mass is 16.6. The van der Waals surface area contributed by atoms with Gasteiger partial charge in [0.1, 0.15) is 6.61 Å². The van der Waals surface area contributed by atoms with E-state index >= 15 is 0 Å². The molecule has 0 aliphatic heterocycles. The van der Waals surface area contributed by atoms with E-state index in [1.165, 1.54) is 5.56 Å². The zero-order valence-corrected chi connectivity index (χ0v) is 11.9. The molecular formula is C15H22N2O. The van der Waals surface area contributed by atoms with Crippen molar-refractivity contribution in [2.75, 3.05) is 18.6 Å². The molecule has 0 atom stereocenters. The molecule has 1 aromatic carbocycles. The third-order valence-corrected chi connectivity index (χ3v) is 2.88. The Bertz CT molecular complexity index is 464. The molecule has 3 heteroatoms. The molecule has 98 valence electrons. The molecule has 18 heavy (non-hydrogen) atoms. The first-order valence-corrected chi connectivity index (χ1v) is 6.14. The van der Waals surface area contributed by atoms with Crippen molar-refractivity contribution in [3.05, 3.63) is 41.6 Å². The summed E-state index contributed by atoms with van der Waals surface area (Å²) >= 11 is 0. The van der Waals surface area contributed by atoms with E-state index in [1.54, 1.807) is 0 Å². The summed E-state index contributed by atoms with van der Waals surface area (Å²) in [6.45, 7) is 12.5. The van der Waals surface area contributed by atoms with E-state index in [9.17, 15) is 0 Å². The zero-order chi connectivity index (χ0) is 13.7. The Kier molecular flexibility index (Phi) is 4.95. The second-order valence-corrected chi connectivity index (χ2v) is 4.39. The van der Waals surface area contributed by atoms with Crippen LogP contribution in [0.3, 0.4) is 0 Å². The number of aryl methyl sites for hydroxylation is 1. The van der Waals surface area contributed by atoms with Gasteiger partial charge in [0.15, 0.2) is 0 Å². The van der Waals surface area contributed by atoms with Gasteiger partial charge >= 0.3 is 0 Å². The van der Waals surface area contributed by atoms with E-state index in [2.05, 4.69) is 41.8 Å². The fourth-order valence-electron chi connectivity index (χ4n) is 1.68. The van der Waals surface area contributed by atoms with Crippen molar-refractivity contribution in [3.8, 4) is 0 Å². The number of hydrogen-bond acceptors (Lipinski definition) is 3. The van der Waals surface area contributed by atoms with Crippen LogP contribution in [0.15, 0.2) is 35.6 Å². The molecule has 1 aromatic rings. The number of hydrogen-bond donors (Lipinski definition) is 0. The van der Waals surface area contributed by atoms with Gasteiger partial charge in [0.05, 0.1) is 5.71 Å².